The van der Waals surface area contributed by atoms with Gasteiger partial charge >= 0.3 is 0 Å². The molecule has 0 atom stereocenters. The van der Waals surface area contributed by atoms with Gasteiger partial charge < -0.3 is 5.32 Å². The fourth-order valence-corrected chi connectivity index (χ4v) is 2.98. The third kappa shape index (κ3) is 3.81. The third-order valence-electron chi connectivity index (χ3n) is 4.59. The number of hydrogen-bond donors (Lipinski definition) is 1. The van der Waals surface area contributed by atoms with E-state index in [0.717, 1.165) is 41.9 Å². The van der Waals surface area contributed by atoms with E-state index in [4.69, 9.17) is 0 Å². The number of nitrogens with one attached hydrogen (secondary N) is 1. The lowest BCUT2D eigenvalue weighted by Gasteiger charge is -2.08. The maximum absolute atomic E-state index is 12.8. The zero-order valence-electron chi connectivity index (χ0n) is 15.3. The van der Waals surface area contributed by atoms with Gasteiger partial charge in [-0.2, -0.15) is 5.10 Å². The number of anilines is 1. The van der Waals surface area contributed by atoms with Crippen LogP contribution in [-0.2, 0) is 11.2 Å². The SMILES string of the molecule is Cc1nn(C(=O)c2ccc(NC(=O)C3CC3)cc2)c(C)c1CC(C)C. The van der Waals surface area contributed by atoms with Gasteiger partial charge in [0, 0.05) is 22.9 Å². The standard InChI is InChI=1S/C20H25N3O2/c1-12(2)11-18-13(3)22-23(14(18)4)20(25)16-7-9-17(10-8-16)21-19(24)15-5-6-15/h7-10,12,15H,5-6,11H2,1-4H3,(H,21,24). The van der Waals surface area contributed by atoms with Crippen LogP contribution in [-0.4, -0.2) is 21.6 Å². The van der Waals surface area contributed by atoms with Gasteiger partial charge in [-0.15, -0.1) is 0 Å². The maximum atomic E-state index is 12.8. The molecular formula is C20H25N3O2. The number of benzene rings is 1. The van der Waals surface area contributed by atoms with Crippen molar-refractivity contribution in [3.63, 3.8) is 0 Å². The average molecular weight is 339 g/mol. The molecule has 1 aliphatic carbocycles. The van der Waals surface area contributed by atoms with Crippen LogP contribution in [0.1, 0.15) is 54.0 Å². The molecule has 0 bridgehead atoms. The molecule has 1 aromatic heterocycles. The molecule has 132 valence electrons. The van der Waals surface area contributed by atoms with E-state index < -0.39 is 0 Å². The number of carbonyl (C=O) groups excluding carboxylic acids is 2. The molecule has 2 aromatic rings. The van der Waals surface area contributed by atoms with Crippen LogP contribution in [0, 0.1) is 25.7 Å². The first-order valence-corrected chi connectivity index (χ1v) is 8.87. The second-order valence-corrected chi connectivity index (χ2v) is 7.31. The van der Waals surface area contributed by atoms with Crippen molar-refractivity contribution in [1.82, 2.24) is 9.78 Å². The predicted octanol–water partition coefficient (Wildman–Crippen LogP) is 3.74. The number of rotatable bonds is 5. The molecule has 0 saturated heterocycles. The zero-order valence-corrected chi connectivity index (χ0v) is 15.3. The molecule has 0 spiro atoms. The molecular weight excluding hydrogens is 314 g/mol. The summed E-state index contributed by atoms with van der Waals surface area (Å²) in [4.78, 5) is 24.6. The van der Waals surface area contributed by atoms with Crippen molar-refractivity contribution >= 4 is 17.5 Å². The van der Waals surface area contributed by atoms with Gasteiger partial charge in [0.2, 0.25) is 5.91 Å². The Bertz CT molecular complexity index is 799. The summed E-state index contributed by atoms with van der Waals surface area (Å²) < 4.78 is 1.49. The van der Waals surface area contributed by atoms with Gasteiger partial charge in [0.15, 0.2) is 0 Å². The van der Waals surface area contributed by atoms with E-state index in [0.29, 0.717) is 11.5 Å². The summed E-state index contributed by atoms with van der Waals surface area (Å²) in [6.45, 7) is 8.21. The average Bonchev–Trinajstić information content (AvgIpc) is 3.38. The monoisotopic (exact) mass is 339 g/mol. The van der Waals surface area contributed by atoms with Crippen LogP contribution in [0.5, 0.6) is 0 Å². The summed E-state index contributed by atoms with van der Waals surface area (Å²) >= 11 is 0. The molecule has 5 heteroatoms. The van der Waals surface area contributed by atoms with E-state index in [1.54, 1.807) is 24.3 Å². The van der Waals surface area contributed by atoms with Crippen LogP contribution >= 0.6 is 0 Å². The second kappa shape index (κ2) is 6.82. The van der Waals surface area contributed by atoms with Gasteiger partial charge in [0.1, 0.15) is 0 Å². The Morgan fingerprint density at radius 3 is 2.40 bits per heavy atom. The Morgan fingerprint density at radius 2 is 1.84 bits per heavy atom. The van der Waals surface area contributed by atoms with Crippen LogP contribution in [0.15, 0.2) is 24.3 Å². The topological polar surface area (TPSA) is 64.0 Å². The van der Waals surface area contributed by atoms with Crippen LogP contribution in [0.2, 0.25) is 0 Å². The van der Waals surface area contributed by atoms with E-state index in [-0.39, 0.29) is 17.7 Å². The maximum Gasteiger partial charge on any atom is 0.278 e. The van der Waals surface area contributed by atoms with Gasteiger partial charge in [0.25, 0.3) is 5.91 Å². The van der Waals surface area contributed by atoms with Crippen molar-refractivity contribution in [3.05, 3.63) is 46.8 Å². The molecule has 1 heterocycles. The molecule has 3 rings (SSSR count). The summed E-state index contributed by atoms with van der Waals surface area (Å²) in [6.07, 6.45) is 2.86. The van der Waals surface area contributed by atoms with E-state index in [9.17, 15) is 9.59 Å². The Morgan fingerprint density at radius 1 is 1.20 bits per heavy atom. The summed E-state index contributed by atoms with van der Waals surface area (Å²) in [5.41, 5.74) is 4.25. The highest BCUT2D eigenvalue weighted by atomic mass is 16.2. The summed E-state index contributed by atoms with van der Waals surface area (Å²) in [6, 6.07) is 7.02. The minimum Gasteiger partial charge on any atom is -0.326 e. The van der Waals surface area contributed by atoms with Crippen LogP contribution in [0.3, 0.4) is 0 Å². The van der Waals surface area contributed by atoms with E-state index in [1.165, 1.54) is 4.68 Å². The van der Waals surface area contributed by atoms with Crippen molar-refractivity contribution in [2.24, 2.45) is 11.8 Å². The second-order valence-electron chi connectivity index (χ2n) is 7.31. The third-order valence-corrected chi connectivity index (χ3v) is 4.59. The predicted molar refractivity (Wildman–Crippen MR) is 97.8 cm³/mol. The highest BCUT2D eigenvalue weighted by molar-refractivity contribution is 5.97. The quantitative estimate of drug-likeness (QED) is 0.902. The van der Waals surface area contributed by atoms with Crippen molar-refractivity contribution in [2.75, 3.05) is 5.32 Å². The minimum absolute atomic E-state index is 0.0657. The summed E-state index contributed by atoms with van der Waals surface area (Å²) in [7, 11) is 0. The molecule has 0 unspecified atom stereocenters. The Labute approximate surface area is 148 Å². The smallest absolute Gasteiger partial charge is 0.278 e. The Hall–Kier alpha value is -2.43. The zero-order chi connectivity index (χ0) is 18.1. The van der Waals surface area contributed by atoms with Crippen molar-refractivity contribution in [1.29, 1.82) is 0 Å². The first-order chi connectivity index (χ1) is 11.9. The fraction of sp³-hybridized carbons (Fsp3) is 0.450. The van der Waals surface area contributed by atoms with E-state index >= 15 is 0 Å². The normalized spacial score (nSPS) is 14.0. The fourth-order valence-electron chi connectivity index (χ4n) is 2.98. The molecule has 1 N–H and O–H groups in total. The summed E-state index contributed by atoms with van der Waals surface area (Å²) in [5, 5.41) is 7.32. The minimum atomic E-state index is -0.143. The highest BCUT2D eigenvalue weighted by Crippen LogP contribution is 2.30. The Balaban J connectivity index is 1.77. The van der Waals surface area contributed by atoms with Crippen molar-refractivity contribution in [2.45, 2.75) is 47.0 Å². The lowest BCUT2D eigenvalue weighted by atomic mass is 10.0. The first kappa shape index (κ1) is 17.4. The van der Waals surface area contributed by atoms with Crippen LogP contribution < -0.4 is 5.32 Å². The molecule has 0 aliphatic heterocycles. The van der Waals surface area contributed by atoms with E-state index in [1.807, 2.05) is 13.8 Å². The van der Waals surface area contributed by atoms with Gasteiger partial charge in [-0.1, -0.05) is 13.8 Å². The first-order valence-electron chi connectivity index (χ1n) is 8.87. The lowest BCUT2D eigenvalue weighted by molar-refractivity contribution is -0.117. The molecule has 1 aromatic carbocycles. The molecule has 1 saturated carbocycles. The van der Waals surface area contributed by atoms with Gasteiger partial charge in [-0.3, -0.25) is 9.59 Å². The van der Waals surface area contributed by atoms with Gasteiger partial charge in [-0.25, -0.2) is 4.68 Å². The molecule has 5 nitrogen and oxygen atoms in total. The number of aromatic nitrogens is 2. The highest BCUT2D eigenvalue weighted by Gasteiger charge is 2.29. The van der Waals surface area contributed by atoms with Crippen LogP contribution in [0.25, 0.3) is 0 Å². The number of aryl methyl sites for hydroxylation is 1. The Kier molecular flexibility index (Phi) is 4.75. The number of amides is 1. The van der Waals surface area contributed by atoms with Crippen molar-refractivity contribution in [3.8, 4) is 0 Å². The molecule has 1 amide bonds. The van der Waals surface area contributed by atoms with Gasteiger partial charge in [0.05, 0.1) is 5.69 Å². The lowest BCUT2D eigenvalue weighted by Crippen LogP contribution is -2.16. The molecule has 0 radical (unpaired) electrons. The number of carbonyl (C=O) groups is 2. The van der Waals surface area contributed by atoms with Crippen LogP contribution in [0.4, 0.5) is 5.69 Å². The number of nitrogens with zero attached hydrogens (tertiary/aromatic N) is 2. The number of hydrogen-bond acceptors (Lipinski definition) is 3. The van der Waals surface area contributed by atoms with Crippen molar-refractivity contribution < 1.29 is 9.59 Å². The summed E-state index contributed by atoms with van der Waals surface area (Å²) in [5.74, 6) is 0.599. The molecule has 1 aliphatic rings. The van der Waals surface area contributed by atoms with E-state index in [2.05, 4.69) is 24.3 Å². The largest absolute Gasteiger partial charge is 0.326 e. The molecule has 25 heavy (non-hydrogen) atoms. The van der Waals surface area contributed by atoms with Gasteiger partial charge in [-0.05, 0) is 68.9 Å². The molecule has 1 fully saturated rings.